The Morgan fingerprint density at radius 3 is 2.48 bits per heavy atom. The molecule has 0 fully saturated rings. The fraction of sp³-hybridized carbons (Fsp3) is 0.188. The molecule has 1 unspecified atom stereocenters. The number of nitrogens with two attached hydrogens (primary N) is 1. The van der Waals surface area contributed by atoms with E-state index in [2.05, 4.69) is 5.32 Å². The Kier molecular flexibility index (Phi) is 4.65. The topological polar surface area (TPSA) is 55.1 Å². The lowest BCUT2D eigenvalue weighted by atomic mass is 10.0. The van der Waals surface area contributed by atoms with E-state index in [1.165, 1.54) is 0 Å². The third-order valence-electron chi connectivity index (χ3n) is 3.22. The van der Waals surface area contributed by atoms with Gasteiger partial charge >= 0.3 is 0 Å². The summed E-state index contributed by atoms with van der Waals surface area (Å²) < 4.78 is 26.8. The van der Waals surface area contributed by atoms with Gasteiger partial charge in [0.1, 0.15) is 17.7 Å². The molecular weight excluding hydrogens is 274 g/mol. The van der Waals surface area contributed by atoms with E-state index < -0.39 is 29.6 Å². The monoisotopic (exact) mass is 290 g/mol. The Morgan fingerprint density at radius 2 is 1.81 bits per heavy atom. The van der Waals surface area contributed by atoms with Gasteiger partial charge in [-0.15, -0.1) is 0 Å². The third-order valence-corrected chi connectivity index (χ3v) is 3.22. The van der Waals surface area contributed by atoms with Crippen LogP contribution < -0.4 is 11.1 Å². The zero-order valence-corrected chi connectivity index (χ0v) is 11.5. The molecule has 0 aromatic heterocycles. The van der Waals surface area contributed by atoms with Gasteiger partial charge in [-0.1, -0.05) is 30.3 Å². The van der Waals surface area contributed by atoms with Crippen molar-refractivity contribution in [3.05, 3.63) is 71.3 Å². The molecule has 0 aliphatic rings. The van der Waals surface area contributed by atoms with E-state index in [4.69, 9.17) is 5.73 Å². The van der Waals surface area contributed by atoms with Crippen LogP contribution in [0.15, 0.2) is 48.5 Å². The Balaban J connectivity index is 2.10. The molecule has 5 heteroatoms. The van der Waals surface area contributed by atoms with Crippen molar-refractivity contribution in [2.45, 2.75) is 19.0 Å². The van der Waals surface area contributed by atoms with Gasteiger partial charge in [0.25, 0.3) is 0 Å². The molecule has 2 rings (SSSR count). The minimum Gasteiger partial charge on any atom is -0.348 e. The predicted molar refractivity (Wildman–Crippen MR) is 76.3 cm³/mol. The minimum absolute atomic E-state index is 0.0867. The largest absolute Gasteiger partial charge is 0.348 e. The maximum atomic E-state index is 13.6. The van der Waals surface area contributed by atoms with E-state index >= 15 is 0 Å². The molecule has 1 amide bonds. The quantitative estimate of drug-likeness (QED) is 0.909. The van der Waals surface area contributed by atoms with E-state index in [-0.39, 0.29) is 5.56 Å². The normalized spacial score (nSPS) is 13.5. The van der Waals surface area contributed by atoms with Gasteiger partial charge in [0.05, 0.1) is 6.04 Å². The van der Waals surface area contributed by atoms with Crippen LogP contribution in [0.25, 0.3) is 0 Å². The number of amides is 1. The van der Waals surface area contributed by atoms with E-state index in [1.54, 1.807) is 31.2 Å². The molecule has 0 heterocycles. The second-order valence-corrected chi connectivity index (χ2v) is 4.78. The SMILES string of the molecule is CC(NC(=O)[C@@H](N)c1ccccc1)c1cc(F)ccc1F. The average molecular weight is 290 g/mol. The molecular formula is C16H16F2N2O. The minimum atomic E-state index is -0.856. The molecule has 0 saturated heterocycles. The Bertz CT molecular complexity index is 631. The van der Waals surface area contributed by atoms with E-state index in [0.29, 0.717) is 5.56 Å². The first-order valence-electron chi connectivity index (χ1n) is 6.55. The van der Waals surface area contributed by atoms with Crippen molar-refractivity contribution < 1.29 is 13.6 Å². The first kappa shape index (κ1) is 15.1. The third kappa shape index (κ3) is 3.64. The summed E-state index contributed by atoms with van der Waals surface area (Å²) in [7, 11) is 0. The molecule has 3 nitrogen and oxygen atoms in total. The number of hydrogen-bond acceptors (Lipinski definition) is 2. The molecule has 3 N–H and O–H groups in total. The maximum absolute atomic E-state index is 13.6. The molecule has 0 spiro atoms. The molecule has 0 radical (unpaired) electrons. The standard InChI is InChI=1S/C16H16F2N2O/c1-10(13-9-12(17)7-8-14(13)18)20-16(21)15(19)11-5-3-2-4-6-11/h2-10,15H,19H2,1H3,(H,20,21)/t10?,15-/m0/s1. The molecule has 2 atom stereocenters. The Labute approximate surface area is 121 Å². The van der Waals surface area contributed by atoms with Crippen molar-refractivity contribution in [3.63, 3.8) is 0 Å². The summed E-state index contributed by atoms with van der Waals surface area (Å²) in [5.41, 5.74) is 6.59. The van der Waals surface area contributed by atoms with E-state index in [1.807, 2.05) is 6.07 Å². The van der Waals surface area contributed by atoms with Gasteiger partial charge in [-0.05, 0) is 30.7 Å². The first-order valence-corrected chi connectivity index (χ1v) is 6.55. The number of hydrogen-bond donors (Lipinski definition) is 2. The lowest BCUT2D eigenvalue weighted by Gasteiger charge is -2.18. The second-order valence-electron chi connectivity index (χ2n) is 4.78. The van der Waals surface area contributed by atoms with Gasteiger partial charge < -0.3 is 11.1 Å². The highest BCUT2D eigenvalue weighted by Gasteiger charge is 2.20. The highest BCUT2D eigenvalue weighted by molar-refractivity contribution is 5.83. The molecule has 2 aromatic rings. The molecule has 0 aliphatic heterocycles. The number of rotatable bonds is 4. The van der Waals surface area contributed by atoms with Crippen LogP contribution >= 0.6 is 0 Å². The van der Waals surface area contributed by atoms with Crippen molar-refractivity contribution in [1.82, 2.24) is 5.32 Å². The number of benzene rings is 2. The Morgan fingerprint density at radius 1 is 1.14 bits per heavy atom. The highest BCUT2D eigenvalue weighted by Crippen LogP contribution is 2.19. The van der Waals surface area contributed by atoms with Gasteiger partial charge in [-0.2, -0.15) is 0 Å². The summed E-state index contributed by atoms with van der Waals surface area (Å²) in [6, 6.07) is 10.4. The zero-order valence-electron chi connectivity index (χ0n) is 11.5. The van der Waals surface area contributed by atoms with Crippen molar-refractivity contribution in [2.75, 3.05) is 0 Å². The van der Waals surface area contributed by atoms with Gasteiger partial charge in [0, 0.05) is 5.56 Å². The fourth-order valence-corrected chi connectivity index (χ4v) is 2.04. The summed E-state index contributed by atoms with van der Waals surface area (Å²) in [6.45, 7) is 1.58. The van der Waals surface area contributed by atoms with E-state index in [9.17, 15) is 13.6 Å². The van der Waals surface area contributed by atoms with Crippen LogP contribution in [0.2, 0.25) is 0 Å². The molecule has 0 bridgehead atoms. The van der Waals surface area contributed by atoms with E-state index in [0.717, 1.165) is 18.2 Å². The number of halogens is 2. The zero-order chi connectivity index (χ0) is 15.4. The molecule has 21 heavy (non-hydrogen) atoms. The van der Waals surface area contributed by atoms with Crippen LogP contribution in [0.1, 0.15) is 30.1 Å². The van der Waals surface area contributed by atoms with Crippen LogP contribution in [-0.4, -0.2) is 5.91 Å². The highest BCUT2D eigenvalue weighted by atomic mass is 19.1. The van der Waals surface area contributed by atoms with Crippen molar-refractivity contribution >= 4 is 5.91 Å². The van der Waals surface area contributed by atoms with Crippen LogP contribution in [0.3, 0.4) is 0 Å². The average Bonchev–Trinajstić information content (AvgIpc) is 2.49. The van der Waals surface area contributed by atoms with Crippen molar-refractivity contribution in [1.29, 1.82) is 0 Å². The lowest BCUT2D eigenvalue weighted by molar-refractivity contribution is -0.123. The fourth-order valence-electron chi connectivity index (χ4n) is 2.04. The molecule has 2 aromatic carbocycles. The van der Waals surface area contributed by atoms with Gasteiger partial charge in [0.2, 0.25) is 5.91 Å². The maximum Gasteiger partial charge on any atom is 0.241 e. The van der Waals surface area contributed by atoms with Crippen molar-refractivity contribution in [3.8, 4) is 0 Å². The summed E-state index contributed by atoms with van der Waals surface area (Å²) in [4.78, 5) is 12.1. The summed E-state index contributed by atoms with van der Waals surface area (Å²) >= 11 is 0. The van der Waals surface area contributed by atoms with Crippen molar-refractivity contribution in [2.24, 2.45) is 5.73 Å². The second kappa shape index (κ2) is 6.45. The molecule has 0 saturated carbocycles. The van der Waals surface area contributed by atoms with Gasteiger partial charge in [-0.3, -0.25) is 4.79 Å². The van der Waals surface area contributed by atoms with Crippen LogP contribution in [0.5, 0.6) is 0 Å². The number of carbonyl (C=O) groups excluding carboxylic acids is 1. The lowest BCUT2D eigenvalue weighted by Crippen LogP contribution is -2.36. The molecule has 110 valence electrons. The van der Waals surface area contributed by atoms with Crippen LogP contribution in [0.4, 0.5) is 8.78 Å². The van der Waals surface area contributed by atoms with Gasteiger partial charge in [-0.25, -0.2) is 8.78 Å². The predicted octanol–water partition coefficient (Wildman–Crippen LogP) is 2.84. The number of carbonyl (C=O) groups is 1. The summed E-state index contributed by atoms with van der Waals surface area (Å²) in [6.07, 6.45) is 0. The summed E-state index contributed by atoms with van der Waals surface area (Å²) in [5, 5.41) is 2.59. The number of nitrogens with one attached hydrogen (secondary N) is 1. The van der Waals surface area contributed by atoms with Crippen LogP contribution in [0, 0.1) is 11.6 Å². The van der Waals surface area contributed by atoms with Gasteiger partial charge in [0.15, 0.2) is 0 Å². The summed E-state index contributed by atoms with van der Waals surface area (Å²) in [5.74, 6) is -1.57. The smallest absolute Gasteiger partial charge is 0.241 e. The molecule has 0 aliphatic carbocycles. The van der Waals surface area contributed by atoms with Crippen LogP contribution in [-0.2, 0) is 4.79 Å². The Hall–Kier alpha value is -2.27. The first-order chi connectivity index (χ1) is 9.99.